The van der Waals surface area contributed by atoms with Crippen LogP contribution in [0.15, 0.2) is 16.8 Å². The Morgan fingerprint density at radius 2 is 2.12 bits per heavy atom. The fourth-order valence-electron chi connectivity index (χ4n) is 1.22. The van der Waals surface area contributed by atoms with Gasteiger partial charge >= 0.3 is 0 Å². The lowest BCUT2D eigenvalue weighted by atomic mass is 10.4. The molecule has 0 saturated heterocycles. The number of guanidine groups is 1. The predicted molar refractivity (Wildman–Crippen MR) is 68.0 cm³/mol. The number of hydrogen-bond acceptors (Lipinski definition) is 4. The first kappa shape index (κ1) is 15.4. The number of hydrogen-bond donors (Lipinski definition) is 2. The fraction of sp³-hybridized carbons (Fsp3) is 0.636. The van der Waals surface area contributed by atoms with E-state index in [1.165, 1.54) is 0 Å². The summed E-state index contributed by atoms with van der Waals surface area (Å²) in [6.45, 7) is 2.91. The molecule has 0 spiro atoms. The molecule has 0 bridgehead atoms. The van der Waals surface area contributed by atoms with Gasteiger partial charge in [0.05, 0.1) is 0 Å². The van der Waals surface area contributed by atoms with E-state index in [9.17, 15) is 0 Å². The zero-order chi connectivity index (χ0) is 13.3. The molecule has 0 unspecified atom stereocenters. The third kappa shape index (κ3) is 5.33. The van der Waals surface area contributed by atoms with Crippen molar-refractivity contribution in [3.63, 3.8) is 0 Å². The summed E-state index contributed by atoms with van der Waals surface area (Å²) >= 11 is 0. The second kappa shape index (κ2) is 8.56. The number of nitrogens with zero attached hydrogens (tertiary/aromatic N) is 4. The summed E-state index contributed by atoms with van der Waals surface area (Å²) in [6, 6.07) is 1.99. The highest BCUT2D eigenvalue weighted by molar-refractivity contribution is 5.81. The zero-order valence-corrected chi connectivity index (χ0v) is 10.7. The number of rotatable bonds is 5. The maximum Gasteiger partial charge on any atom is 0.203 e. The maximum absolute atomic E-state index is 9.13. The SMILES string of the molecule is C/C=C(C#N)/N=C(\N(C)CO)N(C)CCCN. The van der Waals surface area contributed by atoms with Gasteiger partial charge in [0, 0.05) is 20.6 Å². The molecule has 0 heterocycles. The van der Waals surface area contributed by atoms with Gasteiger partial charge < -0.3 is 20.6 Å². The van der Waals surface area contributed by atoms with Crippen molar-refractivity contribution < 1.29 is 5.11 Å². The third-order valence-corrected chi connectivity index (χ3v) is 2.20. The first-order valence-electron chi connectivity index (χ1n) is 5.49. The lowest BCUT2D eigenvalue weighted by Gasteiger charge is -2.27. The molecule has 0 saturated carbocycles. The van der Waals surface area contributed by atoms with Crippen LogP contribution in [0.4, 0.5) is 0 Å². The number of allylic oxidation sites excluding steroid dienone is 2. The minimum Gasteiger partial charge on any atom is -0.376 e. The zero-order valence-electron chi connectivity index (χ0n) is 10.7. The van der Waals surface area contributed by atoms with Crippen LogP contribution in [-0.4, -0.2) is 54.8 Å². The lowest BCUT2D eigenvalue weighted by Crippen LogP contribution is -2.41. The molecule has 0 amide bonds. The molecule has 6 heteroatoms. The highest BCUT2D eigenvalue weighted by Gasteiger charge is 2.11. The Hall–Kier alpha value is -1.58. The molecule has 0 aliphatic heterocycles. The van der Waals surface area contributed by atoms with Crippen LogP contribution in [-0.2, 0) is 0 Å². The Labute approximate surface area is 103 Å². The van der Waals surface area contributed by atoms with Crippen LogP contribution in [0.2, 0.25) is 0 Å². The predicted octanol–water partition coefficient (Wildman–Crippen LogP) is -0.0680. The summed E-state index contributed by atoms with van der Waals surface area (Å²) in [7, 11) is 3.56. The fourth-order valence-corrected chi connectivity index (χ4v) is 1.22. The second-order valence-electron chi connectivity index (χ2n) is 3.60. The number of nitriles is 1. The van der Waals surface area contributed by atoms with E-state index >= 15 is 0 Å². The van der Waals surface area contributed by atoms with Crippen molar-refractivity contribution in [2.75, 3.05) is 33.9 Å². The van der Waals surface area contributed by atoms with Gasteiger partial charge in [0.2, 0.25) is 5.96 Å². The van der Waals surface area contributed by atoms with Crippen LogP contribution < -0.4 is 5.73 Å². The van der Waals surface area contributed by atoms with Gasteiger partial charge in [-0.1, -0.05) is 6.08 Å². The molecule has 0 aromatic heterocycles. The van der Waals surface area contributed by atoms with Crippen LogP contribution in [0.3, 0.4) is 0 Å². The Bertz CT molecular complexity index is 318. The standard InChI is InChI=1S/C11H21N5O/c1-4-10(8-13)14-11(16(3)9-17)15(2)7-5-6-12/h4,17H,5-7,9,12H2,1-3H3/b10-4+,14-11-. The monoisotopic (exact) mass is 239 g/mol. The summed E-state index contributed by atoms with van der Waals surface area (Å²) in [5.41, 5.74) is 5.77. The Morgan fingerprint density at radius 1 is 1.47 bits per heavy atom. The average molecular weight is 239 g/mol. The van der Waals surface area contributed by atoms with Gasteiger partial charge in [-0.05, 0) is 19.9 Å². The normalized spacial score (nSPS) is 12.2. The first-order chi connectivity index (χ1) is 8.10. The van der Waals surface area contributed by atoms with Crippen molar-refractivity contribution in [3.05, 3.63) is 11.8 Å². The van der Waals surface area contributed by atoms with E-state index in [1.54, 1.807) is 24.9 Å². The smallest absolute Gasteiger partial charge is 0.203 e. The van der Waals surface area contributed by atoms with Gasteiger partial charge in [-0.2, -0.15) is 5.26 Å². The highest BCUT2D eigenvalue weighted by atomic mass is 16.3. The third-order valence-electron chi connectivity index (χ3n) is 2.20. The van der Waals surface area contributed by atoms with Crippen LogP contribution in [0.1, 0.15) is 13.3 Å². The summed E-state index contributed by atoms with van der Waals surface area (Å²) in [6.07, 6.45) is 2.45. The molecule has 0 atom stereocenters. The van der Waals surface area contributed by atoms with Crippen LogP contribution in [0, 0.1) is 11.3 Å². The van der Waals surface area contributed by atoms with Crippen molar-refractivity contribution in [3.8, 4) is 6.07 Å². The molecule has 0 aromatic rings. The molecule has 0 rings (SSSR count). The molecular formula is C11H21N5O. The molecule has 17 heavy (non-hydrogen) atoms. The Balaban J connectivity index is 4.94. The second-order valence-corrected chi connectivity index (χ2v) is 3.60. The van der Waals surface area contributed by atoms with Crippen molar-refractivity contribution in [2.24, 2.45) is 10.7 Å². The Morgan fingerprint density at radius 3 is 2.53 bits per heavy atom. The molecule has 0 aromatic carbocycles. The van der Waals surface area contributed by atoms with Crippen molar-refractivity contribution in [1.29, 1.82) is 5.26 Å². The number of aliphatic hydroxyl groups is 1. The highest BCUT2D eigenvalue weighted by Crippen LogP contribution is 2.02. The topological polar surface area (TPSA) is 88.9 Å². The Kier molecular flexibility index (Phi) is 7.76. The van der Waals surface area contributed by atoms with Crippen molar-refractivity contribution in [2.45, 2.75) is 13.3 Å². The minimum absolute atomic E-state index is 0.159. The number of aliphatic imine (C=N–C) groups is 1. The van der Waals surface area contributed by atoms with Gasteiger partial charge in [-0.3, -0.25) is 0 Å². The van der Waals surface area contributed by atoms with E-state index in [0.717, 1.165) is 13.0 Å². The van der Waals surface area contributed by atoms with E-state index in [1.807, 2.05) is 18.0 Å². The molecule has 96 valence electrons. The summed E-state index contributed by atoms with van der Waals surface area (Å²) < 4.78 is 0. The average Bonchev–Trinajstić information content (AvgIpc) is 2.36. The van der Waals surface area contributed by atoms with Crippen molar-refractivity contribution in [1.82, 2.24) is 9.80 Å². The van der Waals surface area contributed by atoms with E-state index in [4.69, 9.17) is 16.1 Å². The summed E-state index contributed by atoms with van der Waals surface area (Å²) in [5, 5.41) is 18.0. The van der Waals surface area contributed by atoms with Crippen LogP contribution >= 0.6 is 0 Å². The minimum atomic E-state index is -0.159. The lowest BCUT2D eigenvalue weighted by molar-refractivity contribution is 0.177. The molecule has 0 fully saturated rings. The van der Waals surface area contributed by atoms with Crippen LogP contribution in [0.5, 0.6) is 0 Å². The molecular weight excluding hydrogens is 218 g/mol. The van der Waals surface area contributed by atoms with E-state index in [0.29, 0.717) is 18.2 Å². The van der Waals surface area contributed by atoms with E-state index < -0.39 is 0 Å². The van der Waals surface area contributed by atoms with Gasteiger partial charge in [0.25, 0.3) is 0 Å². The molecule has 3 N–H and O–H groups in total. The molecule has 0 aliphatic carbocycles. The summed E-state index contributed by atoms with van der Waals surface area (Å²) in [5.74, 6) is 0.551. The largest absolute Gasteiger partial charge is 0.376 e. The number of aliphatic hydroxyl groups excluding tert-OH is 1. The van der Waals surface area contributed by atoms with Gasteiger partial charge in [0.1, 0.15) is 18.5 Å². The number of nitrogens with two attached hydrogens (primary N) is 1. The quantitative estimate of drug-likeness (QED) is 0.303. The molecule has 0 aliphatic rings. The molecule has 6 nitrogen and oxygen atoms in total. The first-order valence-corrected chi connectivity index (χ1v) is 5.49. The molecule has 0 radical (unpaired) electrons. The van der Waals surface area contributed by atoms with E-state index in [2.05, 4.69) is 4.99 Å². The maximum atomic E-state index is 9.13. The van der Waals surface area contributed by atoms with Crippen molar-refractivity contribution >= 4 is 5.96 Å². The van der Waals surface area contributed by atoms with E-state index in [-0.39, 0.29) is 6.73 Å². The van der Waals surface area contributed by atoms with Gasteiger partial charge in [0.15, 0.2) is 0 Å². The van der Waals surface area contributed by atoms with Crippen LogP contribution in [0.25, 0.3) is 0 Å². The van der Waals surface area contributed by atoms with Gasteiger partial charge in [-0.25, -0.2) is 4.99 Å². The van der Waals surface area contributed by atoms with Gasteiger partial charge in [-0.15, -0.1) is 0 Å². The summed E-state index contributed by atoms with van der Waals surface area (Å²) in [4.78, 5) is 7.64.